The lowest BCUT2D eigenvalue weighted by molar-refractivity contribution is -0.151. The zero-order chi connectivity index (χ0) is 10.6. The molecule has 0 aliphatic carbocycles. The fourth-order valence-corrected chi connectivity index (χ4v) is 1.72. The molecule has 1 rings (SSSR count). The van der Waals surface area contributed by atoms with E-state index in [1.54, 1.807) is 11.8 Å². The first-order valence-electron chi connectivity index (χ1n) is 5.07. The van der Waals surface area contributed by atoms with E-state index in [1.807, 2.05) is 0 Å². The number of carbonyl (C=O) groups excluding carboxylic acids is 2. The van der Waals surface area contributed by atoms with Crippen LogP contribution in [0.2, 0.25) is 0 Å². The number of likely N-dealkylation sites (tertiary alicyclic amines) is 1. The number of hydrogen-bond donors (Lipinski definition) is 0. The molecule has 1 aliphatic rings. The van der Waals surface area contributed by atoms with Crippen LogP contribution in [0.4, 0.5) is 0 Å². The Bertz CT molecular complexity index is 227. The second-order valence-corrected chi connectivity index (χ2v) is 3.56. The van der Waals surface area contributed by atoms with Crippen molar-refractivity contribution in [3.05, 3.63) is 0 Å². The normalized spacial score (nSPS) is 21.9. The lowest BCUT2D eigenvalue weighted by Crippen LogP contribution is -2.41. The first kappa shape index (κ1) is 11.0. The van der Waals surface area contributed by atoms with Gasteiger partial charge in [0.25, 0.3) is 0 Å². The van der Waals surface area contributed by atoms with Gasteiger partial charge in [-0.25, -0.2) is 0 Å². The highest BCUT2D eigenvalue weighted by molar-refractivity contribution is 5.76. The van der Waals surface area contributed by atoms with Gasteiger partial charge >= 0.3 is 5.97 Å². The number of carbonyl (C=O) groups is 2. The predicted octanol–water partition coefficient (Wildman–Crippen LogP) is 0.808. The molecule has 1 saturated heterocycles. The van der Waals surface area contributed by atoms with Crippen molar-refractivity contribution < 1.29 is 14.3 Å². The van der Waals surface area contributed by atoms with E-state index in [0.29, 0.717) is 13.2 Å². The quantitative estimate of drug-likeness (QED) is 0.618. The van der Waals surface area contributed by atoms with Crippen molar-refractivity contribution in [2.75, 3.05) is 19.7 Å². The first-order chi connectivity index (χ1) is 6.65. The monoisotopic (exact) mass is 199 g/mol. The molecule has 0 unspecified atom stereocenters. The van der Waals surface area contributed by atoms with Gasteiger partial charge in [-0.05, 0) is 19.8 Å². The third-order valence-corrected chi connectivity index (χ3v) is 2.49. The minimum atomic E-state index is -0.168. The summed E-state index contributed by atoms with van der Waals surface area (Å²) in [5, 5.41) is 0. The van der Waals surface area contributed by atoms with Gasteiger partial charge in [0.1, 0.15) is 0 Å². The number of piperidine rings is 1. The van der Waals surface area contributed by atoms with Crippen molar-refractivity contribution in [2.24, 2.45) is 5.92 Å². The van der Waals surface area contributed by atoms with E-state index in [2.05, 4.69) is 0 Å². The predicted molar refractivity (Wildman–Crippen MR) is 51.6 cm³/mol. The third-order valence-electron chi connectivity index (χ3n) is 2.49. The fourth-order valence-electron chi connectivity index (χ4n) is 1.72. The molecule has 0 spiro atoms. The van der Waals surface area contributed by atoms with Gasteiger partial charge in [0.05, 0.1) is 12.5 Å². The smallest absolute Gasteiger partial charge is 0.310 e. The standard InChI is InChI=1S/C10H17NO3/c1-3-14-10(13)9-5-4-6-11(7-9)8(2)12/h9H,3-7H2,1-2H3/t9-/m0/s1. The molecule has 1 atom stereocenters. The Balaban J connectivity index is 2.47. The molecule has 1 fully saturated rings. The van der Waals surface area contributed by atoms with E-state index >= 15 is 0 Å². The third kappa shape index (κ3) is 2.72. The molecule has 0 saturated carbocycles. The number of nitrogens with zero attached hydrogens (tertiary/aromatic N) is 1. The van der Waals surface area contributed by atoms with E-state index in [9.17, 15) is 9.59 Å². The van der Waals surface area contributed by atoms with Gasteiger partial charge < -0.3 is 9.64 Å². The lowest BCUT2D eigenvalue weighted by Gasteiger charge is -2.30. The molecule has 1 aliphatic heterocycles. The maximum atomic E-state index is 11.4. The van der Waals surface area contributed by atoms with Gasteiger partial charge in [-0.15, -0.1) is 0 Å². The average Bonchev–Trinajstić information content (AvgIpc) is 2.18. The van der Waals surface area contributed by atoms with Gasteiger partial charge in [-0.3, -0.25) is 9.59 Å². The van der Waals surface area contributed by atoms with Crippen LogP contribution in [-0.2, 0) is 14.3 Å². The molecular formula is C10H17NO3. The minimum Gasteiger partial charge on any atom is -0.466 e. The van der Waals surface area contributed by atoms with Crippen molar-refractivity contribution in [1.29, 1.82) is 0 Å². The lowest BCUT2D eigenvalue weighted by atomic mass is 9.98. The van der Waals surface area contributed by atoms with Crippen LogP contribution in [0.1, 0.15) is 26.7 Å². The molecule has 0 radical (unpaired) electrons. The largest absolute Gasteiger partial charge is 0.466 e. The second-order valence-electron chi connectivity index (χ2n) is 3.56. The number of rotatable bonds is 2. The SMILES string of the molecule is CCOC(=O)[C@H]1CCCN(C(C)=O)C1. The molecular weight excluding hydrogens is 182 g/mol. The van der Waals surface area contributed by atoms with Crippen molar-refractivity contribution >= 4 is 11.9 Å². The Kier molecular flexibility index (Phi) is 3.92. The summed E-state index contributed by atoms with van der Waals surface area (Å²) in [5.41, 5.74) is 0. The van der Waals surface area contributed by atoms with E-state index in [-0.39, 0.29) is 17.8 Å². The molecule has 14 heavy (non-hydrogen) atoms. The summed E-state index contributed by atoms with van der Waals surface area (Å²) < 4.78 is 4.93. The minimum absolute atomic E-state index is 0.0407. The molecule has 0 bridgehead atoms. The van der Waals surface area contributed by atoms with Crippen LogP contribution in [-0.4, -0.2) is 36.5 Å². The van der Waals surface area contributed by atoms with Crippen molar-refractivity contribution in [3.63, 3.8) is 0 Å². The first-order valence-corrected chi connectivity index (χ1v) is 5.07. The van der Waals surface area contributed by atoms with Crippen LogP contribution >= 0.6 is 0 Å². The van der Waals surface area contributed by atoms with Gasteiger partial charge in [0.2, 0.25) is 5.91 Å². The summed E-state index contributed by atoms with van der Waals surface area (Å²) in [7, 11) is 0. The molecule has 4 heteroatoms. The summed E-state index contributed by atoms with van der Waals surface area (Å²) in [6.07, 6.45) is 1.73. The van der Waals surface area contributed by atoms with Gasteiger partial charge in [-0.2, -0.15) is 0 Å². The Labute approximate surface area is 84.2 Å². The average molecular weight is 199 g/mol. The molecule has 4 nitrogen and oxygen atoms in total. The van der Waals surface area contributed by atoms with Crippen LogP contribution in [0.15, 0.2) is 0 Å². The highest BCUT2D eigenvalue weighted by atomic mass is 16.5. The highest BCUT2D eigenvalue weighted by Crippen LogP contribution is 2.17. The maximum Gasteiger partial charge on any atom is 0.310 e. The zero-order valence-corrected chi connectivity index (χ0v) is 8.78. The summed E-state index contributed by atoms with van der Waals surface area (Å²) >= 11 is 0. The van der Waals surface area contributed by atoms with Crippen LogP contribution in [0, 0.1) is 5.92 Å². The summed E-state index contributed by atoms with van der Waals surface area (Å²) in [4.78, 5) is 24.2. The summed E-state index contributed by atoms with van der Waals surface area (Å²) in [6.45, 7) is 5.03. The van der Waals surface area contributed by atoms with Crippen molar-refractivity contribution in [2.45, 2.75) is 26.7 Å². The second kappa shape index (κ2) is 4.98. The Hall–Kier alpha value is -1.06. The Morgan fingerprint density at radius 1 is 1.50 bits per heavy atom. The topological polar surface area (TPSA) is 46.6 Å². The molecule has 0 aromatic heterocycles. The molecule has 1 heterocycles. The molecule has 80 valence electrons. The number of ether oxygens (including phenoxy) is 1. The highest BCUT2D eigenvalue weighted by Gasteiger charge is 2.27. The fraction of sp³-hybridized carbons (Fsp3) is 0.800. The van der Waals surface area contributed by atoms with Gasteiger partial charge in [0.15, 0.2) is 0 Å². The number of amides is 1. The van der Waals surface area contributed by atoms with E-state index in [4.69, 9.17) is 4.74 Å². The summed E-state index contributed by atoms with van der Waals surface area (Å²) in [6, 6.07) is 0. The zero-order valence-electron chi connectivity index (χ0n) is 8.78. The van der Waals surface area contributed by atoms with Gasteiger partial charge in [-0.1, -0.05) is 0 Å². The molecule has 0 N–H and O–H groups in total. The van der Waals surface area contributed by atoms with Gasteiger partial charge in [0, 0.05) is 20.0 Å². The molecule has 0 aromatic carbocycles. The van der Waals surface area contributed by atoms with Crippen LogP contribution in [0.5, 0.6) is 0 Å². The molecule has 1 amide bonds. The Morgan fingerprint density at radius 2 is 2.21 bits per heavy atom. The van der Waals surface area contributed by atoms with E-state index in [0.717, 1.165) is 19.4 Å². The van der Waals surface area contributed by atoms with Crippen LogP contribution in [0.25, 0.3) is 0 Å². The van der Waals surface area contributed by atoms with Crippen LogP contribution < -0.4 is 0 Å². The van der Waals surface area contributed by atoms with Crippen molar-refractivity contribution in [3.8, 4) is 0 Å². The van der Waals surface area contributed by atoms with E-state index in [1.165, 1.54) is 6.92 Å². The Morgan fingerprint density at radius 3 is 2.79 bits per heavy atom. The maximum absolute atomic E-state index is 11.4. The van der Waals surface area contributed by atoms with Crippen LogP contribution in [0.3, 0.4) is 0 Å². The van der Waals surface area contributed by atoms with Crippen molar-refractivity contribution in [1.82, 2.24) is 4.90 Å². The number of esters is 1. The van der Waals surface area contributed by atoms with E-state index < -0.39 is 0 Å². The summed E-state index contributed by atoms with van der Waals surface area (Å²) in [5.74, 6) is -0.245. The number of hydrogen-bond acceptors (Lipinski definition) is 3. The molecule has 0 aromatic rings.